The van der Waals surface area contributed by atoms with Crippen LogP contribution in [0, 0.1) is 0 Å². The lowest BCUT2D eigenvalue weighted by Crippen LogP contribution is -2.46. The minimum absolute atomic E-state index is 0.0433. The first-order valence-corrected chi connectivity index (χ1v) is 11.2. The fourth-order valence-electron chi connectivity index (χ4n) is 3.78. The topological polar surface area (TPSA) is 67.9 Å². The Morgan fingerprint density at radius 3 is 2.18 bits per heavy atom. The van der Waals surface area contributed by atoms with E-state index in [-0.39, 0.29) is 36.6 Å². The first kappa shape index (κ1) is 26.8. The van der Waals surface area contributed by atoms with Gasteiger partial charge in [0, 0.05) is 17.3 Å². The average molecular weight is 538 g/mol. The van der Waals surface area contributed by atoms with Crippen LogP contribution >= 0.6 is 0 Å². The van der Waals surface area contributed by atoms with Gasteiger partial charge < -0.3 is 19.7 Å². The van der Waals surface area contributed by atoms with Crippen molar-refractivity contribution in [3.8, 4) is 11.5 Å². The van der Waals surface area contributed by atoms with Gasteiger partial charge in [-0.25, -0.2) is 0 Å². The van der Waals surface area contributed by atoms with Gasteiger partial charge in [0.2, 0.25) is 0 Å². The van der Waals surface area contributed by atoms with Gasteiger partial charge in [0.15, 0.2) is 6.10 Å². The number of ether oxygens (including phenoxy) is 2. The van der Waals surface area contributed by atoms with Crippen molar-refractivity contribution in [1.82, 2.24) is 0 Å². The van der Waals surface area contributed by atoms with E-state index < -0.39 is 41.1 Å². The Kier molecular flexibility index (Phi) is 7.25. The molecule has 3 aromatic carbocycles. The first-order chi connectivity index (χ1) is 17.8. The van der Waals surface area contributed by atoms with E-state index in [4.69, 9.17) is 9.47 Å². The molecule has 0 aliphatic carbocycles. The summed E-state index contributed by atoms with van der Waals surface area (Å²) >= 11 is 0. The zero-order chi connectivity index (χ0) is 27.7. The smallest absolute Gasteiger partial charge is 0.416 e. The van der Waals surface area contributed by atoms with E-state index in [9.17, 15) is 35.9 Å². The number of para-hydroxylation sites is 1. The number of carbonyl (C=O) groups excluding carboxylic acids is 2. The number of fused-ring (bicyclic) bond motifs is 1. The van der Waals surface area contributed by atoms with Crippen molar-refractivity contribution in [3.63, 3.8) is 0 Å². The highest BCUT2D eigenvalue weighted by Crippen LogP contribution is 2.38. The summed E-state index contributed by atoms with van der Waals surface area (Å²) in [5, 5.41) is 2.29. The van der Waals surface area contributed by atoms with Gasteiger partial charge in [0.05, 0.1) is 23.4 Å². The second kappa shape index (κ2) is 10.3. The van der Waals surface area contributed by atoms with Crippen molar-refractivity contribution in [2.75, 3.05) is 23.4 Å². The van der Waals surface area contributed by atoms with Gasteiger partial charge >= 0.3 is 12.4 Å². The fraction of sp³-hybridized carbons (Fsp3) is 0.231. The maximum absolute atomic E-state index is 13.1. The minimum Gasteiger partial charge on any atom is -0.492 e. The predicted molar refractivity (Wildman–Crippen MR) is 125 cm³/mol. The van der Waals surface area contributed by atoms with Crippen molar-refractivity contribution >= 4 is 23.2 Å². The van der Waals surface area contributed by atoms with Crippen LogP contribution in [-0.4, -0.2) is 31.1 Å². The second-order valence-electron chi connectivity index (χ2n) is 8.34. The number of rotatable bonds is 6. The lowest BCUT2D eigenvalue weighted by Gasteiger charge is -2.33. The number of nitrogens with zero attached hydrogens (tertiary/aromatic N) is 1. The molecule has 0 saturated carbocycles. The van der Waals surface area contributed by atoms with Gasteiger partial charge in [-0.3, -0.25) is 9.59 Å². The summed E-state index contributed by atoms with van der Waals surface area (Å²) < 4.78 is 90.2. The SMILES string of the molecule is CC1Oc2cc(NC(=O)c3cc(C(F)(F)F)cc(C(F)(F)F)c3)ccc2N(CCOc2ccccc2)C1=O. The monoisotopic (exact) mass is 538 g/mol. The molecule has 1 aliphatic rings. The Hall–Kier alpha value is -4.22. The van der Waals surface area contributed by atoms with Gasteiger partial charge in [-0.15, -0.1) is 0 Å². The molecule has 4 rings (SSSR count). The molecule has 0 bridgehead atoms. The van der Waals surface area contributed by atoms with E-state index in [0.717, 1.165) is 0 Å². The van der Waals surface area contributed by atoms with E-state index in [1.54, 1.807) is 24.3 Å². The molecular weight excluding hydrogens is 518 g/mol. The predicted octanol–water partition coefficient (Wildman–Crippen LogP) is 6.17. The molecule has 1 N–H and O–H groups in total. The minimum atomic E-state index is -5.09. The normalized spacial score (nSPS) is 15.5. The molecule has 6 nitrogen and oxygen atoms in total. The highest BCUT2D eigenvalue weighted by Gasteiger charge is 2.38. The largest absolute Gasteiger partial charge is 0.492 e. The molecule has 3 aromatic rings. The van der Waals surface area contributed by atoms with Gasteiger partial charge in [0.25, 0.3) is 11.8 Å². The molecule has 2 amide bonds. The first-order valence-electron chi connectivity index (χ1n) is 11.2. The number of amides is 2. The lowest BCUT2D eigenvalue weighted by molar-refractivity contribution is -0.143. The van der Waals surface area contributed by atoms with Crippen LogP contribution in [-0.2, 0) is 17.1 Å². The molecule has 1 unspecified atom stereocenters. The Bertz CT molecular complexity index is 1310. The van der Waals surface area contributed by atoms with Crippen molar-refractivity contribution in [1.29, 1.82) is 0 Å². The summed E-state index contributed by atoms with van der Waals surface area (Å²) in [5.41, 5.74) is -3.63. The summed E-state index contributed by atoms with van der Waals surface area (Å²) in [6.07, 6.45) is -11.1. The number of benzene rings is 3. The molecule has 200 valence electrons. The lowest BCUT2D eigenvalue weighted by atomic mass is 10.0. The molecule has 1 atom stereocenters. The van der Waals surface area contributed by atoms with Crippen LogP contribution in [0.3, 0.4) is 0 Å². The number of halogens is 6. The average Bonchev–Trinajstić information content (AvgIpc) is 2.85. The highest BCUT2D eigenvalue weighted by atomic mass is 19.4. The number of nitrogens with one attached hydrogen (secondary N) is 1. The molecule has 1 heterocycles. The zero-order valence-corrected chi connectivity index (χ0v) is 19.7. The maximum atomic E-state index is 13.1. The molecule has 0 fully saturated rings. The van der Waals surface area contributed by atoms with Crippen molar-refractivity contribution in [2.45, 2.75) is 25.4 Å². The zero-order valence-electron chi connectivity index (χ0n) is 19.7. The highest BCUT2D eigenvalue weighted by molar-refractivity contribution is 6.05. The number of carbonyl (C=O) groups is 2. The number of alkyl halides is 6. The van der Waals surface area contributed by atoms with Crippen LogP contribution in [0.15, 0.2) is 66.7 Å². The number of hydrogen-bond acceptors (Lipinski definition) is 4. The van der Waals surface area contributed by atoms with Crippen molar-refractivity contribution in [2.24, 2.45) is 0 Å². The third kappa shape index (κ3) is 6.01. The summed E-state index contributed by atoms with van der Waals surface area (Å²) in [6.45, 7) is 1.85. The van der Waals surface area contributed by atoms with Crippen LogP contribution < -0.4 is 19.7 Å². The van der Waals surface area contributed by atoms with Crippen LogP contribution in [0.1, 0.15) is 28.4 Å². The fourth-order valence-corrected chi connectivity index (χ4v) is 3.78. The number of anilines is 2. The third-order valence-electron chi connectivity index (χ3n) is 5.60. The molecule has 0 aromatic heterocycles. The van der Waals surface area contributed by atoms with E-state index in [2.05, 4.69) is 5.32 Å². The maximum Gasteiger partial charge on any atom is 0.416 e. The van der Waals surface area contributed by atoms with Crippen LogP contribution in [0.5, 0.6) is 11.5 Å². The third-order valence-corrected chi connectivity index (χ3v) is 5.60. The van der Waals surface area contributed by atoms with E-state index in [0.29, 0.717) is 23.6 Å². The van der Waals surface area contributed by atoms with Gasteiger partial charge in [-0.1, -0.05) is 18.2 Å². The second-order valence-corrected chi connectivity index (χ2v) is 8.34. The molecule has 38 heavy (non-hydrogen) atoms. The molecule has 0 saturated heterocycles. The van der Waals surface area contributed by atoms with Crippen molar-refractivity contribution in [3.05, 3.63) is 83.4 Å². The van der Waals surface area contributed by atoms with Crippen LogP contribution in [0.25, 0.3) is 0 Å². The van der Waals surface area contributed by atoms with Gasteiger partial charge in [0.1, 0.15) is 18.1 Å². The molecule has 0 spiro atoms. The van der Waals surface area contributed by atoms with Gasteiger partial charge in [-0.2, -0.15) is 26.3 Å². The Labute approximate surface area is 212 Å². The standard InChI is InChI=1S/C26H20F6N2O4/c1-15-24(36)34(9-10-37-20-5-3-2-4-6-20)21-8-7-19(14-22(21)38-15)33-23(35)16-11-17(25(27,28)29)13-18(12-16)26(30,31)32/h2-8,11-15H,9-10H2,1H3,(H,33,35). The summed E-state index contributed by atoms with van der Waals surface area (Å²) in [7, 11) is 0. The summed E-state index contributed by atoms with van der Waals surface area (Å²) in [5.74, 6) is -0.721. The van der Waals surface area contributed by atoms with Crippen LogP contribution in [0.4, 0.5) is 37.7 Å². The van der Waals surface area contributed by atoms with Gasteiger partial charge in [-0.05, 0) is 49.4 Å². The Morgan fingerprint density at radius 2 is 1.58 bits per heavy atom. The van der Waals surface area contributed by atoms with Crippen molar-refractivity contribution < 1.29 is 45.4 Å². The van der Waals surface area contributed by atoms with E-state index >= 15 is 0 Å². The number of hydrogen-bond donors (Lipinski definition) is 1. The summed E-state index contributed by atoms with van der Waals surface area (Å²) in [4.78, 5) is 26.8. The molecule has 0 radical (unpaired) electrons. The van der Waals surface area contributed by atoms with E-state index in [1.165, 1.54) is 30.0 Å². The van der Waals surface area contributed by atoms with Crippen LogP contribution in [0.2, 0.25) is 0 Å². The van der Waals surface area contributed by atoms with E-state index in [1.807, 2.05) is 6.07 Å². The Balaban J connectivity index is 1.54. The Morgan fingerprint density at radius 1 is 0.947 bits per heavy atom. The summed E-state index contributed by atoms with van der Waals surface area (Å²) in [6, 6.07) is 13.7. The quantitative estimate of drug-likeness (QED) is 0.382. The molecular formula is C26H20F6N2O4. The molecule has 1 aliphatic heterocycles. The molecule has 12 heteroatoms.